The molecule has 0 atom stereocenters. The van der Waals surface area contributed by atoms with Crippen LogP contribution in [0.3, 0.4) is 0 Å². The van der Waals surface area contributed by atoms with Gasteiger partial charge in [0, 0.05) is 0 Å². The normalized spacial score (nSPS) is 20.3. The van der Waals surface area contributed by atoms with E-state index >= 15 is 0 Å². The first kappa shape index (κ1) is 9.97. The fraction of sp³-hybridized carbons (Fsp3) is 0.200. The summed E-state index contributed by atoms with van der Waals surface area (Å²) in [5.41, 5.74) is 5.77. The second-order valence-electron chi connectivity index (χ2n) is 3.86. The Morgan fingerprint density at radius 2 is 1.67 bits per heavy atom. The van der Waals surface area contributed by atoms with Gasteiger partial charge in [-0.2, -0.15) is 0 Å². The van der Waals surface area contributed by atoms with Crippen molar-refractivity contribution in [2.75, 3.05) is 0 Å². The monoisotopic (exact) mass is 196 g/mol. The van der Waals surface area contributed by atoms with Gasteiger partial charge in [-0.15, -0.1) is 0 Å². The van der Waals surface area contributed by atoms with Crippen LogP contribution in [0.2, 0.25) is 0 Å². The Balaban J connectivity index is 2.44. The molecule has 1 aliphatic carbocycles. The van der Waals surface area contributed by atoms with Gasteiger partial charge in [0.05, 0.1) is 0 Å². The van der Waals surface area contributed by atoms with Crippen molar-refractivity contribution in [1.82, 2.24) is 0 Å². The van der Waals surface area contributed by atoms with Crippen LogP contribution in [0.4, 0.5) is 0 Å². The van der Waals surface area contributed by atoms with E-state index in [2.05, 4.69) is 49.9 Å². The minimum atomic E-state index is 1.04. The van der Waals surface area contributed by atoms with Crippen molar-refractivity contribution in [2.45, 2.75) is 19.8 Å². The summed E-state index contributed by atoms with van der Waals surface area (Å²) in [5.74, 6) is 0. The third-order valence-electron chi connectivity index (χ3n) is 2.96. The van der Waals surface area contributed by atoms with E-state index in [0.717, 1.165) is 12.8 Å². The Hall–Kier alpha value is -1.56. The molecule has 0 nitrogen and oxygen atoms in total. The van der Waals surface area contributed by atoms with Crippen LogP contribution in [0.1, 0.15) is 18.1 Å². The zero-order chi connectivity index (χ0) is 10.7. The maximum Gasteiger partial charge on any atom is -0.00202 e. The summed E-state index contributed by atoms with van der Waals surface area (Å²) >= 11 is 0. The molecule has 0 unspecified atom stereocenters. The van der Waals surface area contributed by atoms with Crippen LogP contribution in [0.15, 0.2) is 60.2 Å². The van der Waals surface area contributed by atoms with Crippen molar-refractivity contribution in [1.29, 1.82) is 0 Å². The number of fused-ring (bicyclic) bond motifs is 1. The van der Waals surface area contributed by atoms with Crippen LogP contribution >= 0.6 is 0 Å². The van der Waals surface area contributed by atoms with E-state index in [1.165, 1.54) is 22.3 Å². The SMILES string of the molecule is C=C/C=C1/Cc2ccccc2C/C1=C/C. The van der Waals surface area contributed by atoms with Gasteiger partial charge in [-0.1, -0.05) is 49.1 Å². The molecule has 0 saturated carbocycles. The Morgan fingerprint density at radius 3 is 2.20 bits per heavy atom. The summed E-state index contributed by atoms with van der Waals surface area (Å²) in [4.78, 5) is 0. The molecule has 0 radical (unpaired) electrons. The minimum absolute atomic E-state index is 1.04. The molecule has 76 valence electrons. The van der Waals surface area contributed by atoms with Gasteiger partial charge in [0.25, 0.3) is 0 Å². The highest BCUT2D eigenvalue weighted by molar-refractivity contribution is 5.48. The smallest absolute Gasteiger partial charge is 0.00202 e. The summed E-state index contributed by atoms with van der Waals surface area (Å²) in [7, 11) is 0. The Kier molecular flexibility index (Phi) is 2.86. The topological polar surface area (TPSA) is 0 Å². The predicted molar refractivity (Wildman–Crippen MR) is 65.9 cm³/mol. The number of benzene rings is 1. The second kappa shape index (κ2) is 4.31. The van der Waals surface area contributed by atoms with Gasteiger partial charge < -0.3 is 0 Å². The Morgan fingerprint density at radius 1 is 1.07 bits per heavy atom. The van der Waals surface area contributed by atoms with E-state index < -0.39 is 0 Å². The highest BCUT2D eigenvalue weighted by Crippen LogP contribution is 2.29. The molecule has 15 heavy (non-hydrogen) atoms. The lowest BCUT2D eigenvalue weighted by Crippen LogP contribution is -2.08. The second-order valence-corrected chi connectivity index (χ2v) is 3.86. The quantitative estimate of drug-likeness (QED) is 0.640. The predicted octanol–water partition coefficient (Wildman–Crippen LogP) is 3.84. The minimum Gasteiger partial charge on any atom is -0.0991 e. The third kappa shape index (κ3) is 1.94. The van der Waals surface area contributed by atoms with Crippen LogP contribution < -0.4 is 0 Å². The van der Waals surface area contributed by atoms with Gasteiger partial charge in [-0.3, -0.25) is 0 Å². The van der Waals surface area contributed by atoms with Crippen LogP contribution in [-0.2, 0) is 12.8 Å². The van der Waals surface area contributed by atoms with Crippen molar-refractivity contribution in [2.24, 2.45) is 0 Å². The number of rotatable bonds is 1. The van der Waals surface area contributed by atoms with Gasteiger partial charge in [0.1, 0.15) is 0 Å². The van der Waals surface area contributed by atoms with Gasteiger partial charge in [0.15, 0.2) is 0 Å². The van der Waals surface area contributed by atoms with Crippen LogP contribution in [0, 0.1) is 0 Å². The van der Waals surface area contributed by atoms with Crippen molar-refractivity contribution in [3.8, 4) is 0 Å². The van der Waals surface area contributed by atoms with E-state index in [9.17, 15) is 0 Å². The highest BCUT2D eigenvalue weighted by atomic mass is 14.2. The molecule has 0 fully saturated rings. The number of hydrogen-bond donors (Lipinski definition) is 0. The lowest BCUT2D eigenvalue weighted by atomic mass is 9.84. The largest absolute Gasteiger partial charge is 0.0991 e. The van der Waals surface area contributed by atoms with E-state index in [1.807, 2.05) is 6.08 Å². The van der Waals surface area contributed by atoms with Gasteiger partial charge in [0.2, 0.25) is 0 Å². The van der Waals surface area contributed by atoms with Crippen molar-refractivity contribution >= 4 is 0 Å². The lowest BCUT2D eigenvalue weighted by Gasteiger charge is -2.21. The fourth-order valence-electron chi connectivity index (χ4n) is 2.14. The molecule has 0 N–H and O–H groups in total. The molecule has 0 heteroatoms. The average Bonchev–Trinajstić information content (AvgIpc) is 2.28. The van der Waals surface area contributed by atoms with Crippen molar-refractivity contribution < 1.29 is 0 Å². The first-order valence-electron chi connectivity index (χ1n) is 5.39. The van der Waals surface area contributed by atoms with Crippen molar-refractivity contribution in [3.63, 3.8) is 0 Å². The van der Waals surface area contributed by atoms with Crippen LogP contribution in [0.25, 0.3) is 0 Å². The van der Waals surface area contributed by atoms with E-state index in [1.54, 1.807) is 0 Å². The van der Waals surface area contributed by atoms with Crippen molar-refractivity contribution in [3.05, 3.63) is 71.3 Å². The molecule has 1 aliphatic rings. The zero-order valence-corrected chi connectivity index (χ0v) is 9.16. The summed E-state index contributed by atoms with van der Waals surface area (Å²) in [6.07, 6.45) is 8.33. The molecule has 1 aromatic carbocycles. The molecular weight excluding hydrogens is 180 g/mol. The fourth-order valence-corrected chi connectivity index (χ4v) is 2.14. The summed E-state index contributed by atoms with van der Waals surface area (Å²) in [5, 5.41) is 0. The van der Waals surface area contributed by atoms with E-state index in [4.69, 9.17) is 0 Å². The highest BCUT2D eigenvalue weighted by Gasteiger charge is 2.15. The molecule has 0 heterocycles. The molecular formula is C15H16. The molecule has 2 rings (SSSR count). The van der Waals surface area contributed by atoms with Crippen LogP contribution in [-0.4, -0.2) is 0 Å². The summed E-state index contributed by atoms with van der Waals surface area (Å²) in [6, 6.07) is 8.68. The Labute approximate surface area is 91.6 Å². The third-order valence-corrected chi connectivity index (χ3v) is 2.96. The molecule has 1 aromatic rings. The molecule has 0 bridgehead atoms. The van der Waals surface area contributed by atoms with Gasteiger partial charge in [-0.25, -0.2) is 0 Å². The summed E-state index contributed by atoms with van der Waals surface area (Å²) in [6.45, 7) is 5.89. The molecule has 0 saturated heterocycles. The van der Waals surface area contributed by atoms with Gasteiger partial charge >= 0.3 is 0 Å². The number of allylic oxidation sites excluding steroid dienone is 5. The standard InChI is InChI=1S/C15H16/c1-3-7-13-11-15-9-6-5-8-14(15)10-12(13)4-2/h3-9H,1,10-11H2,2H3/b12-4-,13-7-. The first-order valence-corrected chi connectivity index (χ1v) is 5.39. The average molecular weight is 196 g/mol. The Bertz CT molecular complexity index is 433. The number of hydrogen-bond acceptors (Lipinski definition) is 0. The first-order chi connectivity index (χ1) is 7.35. The molecule has 0 spiro atoms. The van der Waals surface area contributed by atoms with Crippen LogP contribution in [0.5, 0.6) is 0 Å². The van der Waals surface area contributed by atoms with E-state index in [0.29, 0.717) is 0 Å². The lowest BCUT2D eigenvalue weighted by molar-refractivity contribution is 0.980. The zero-order valence-electron chi connectivity index (χ0n) is 9.16. The maximum atomic E-state index is 3.78. The van der Waals surface area contributed by atoms with Gasteiger partial charge in [-0.05, 0) is 42.0 Å². The maximum absolute atomic E-state index is 3.78. The molecule has 0 aromatic heterocycles. The van der Waals surface area contributed by atoms with E-state index in [-0.39, 0.29) is 0 Å². The molecule has 0 aliphatic heterocycles. The molecule has 0 amide bonds. The summed E-state index contributed by atoms with van der Waals surface area (Å²) < 4.78 is 0.